The summed E-state index contributed by atoms with van der Waals surface area (Å²) in [7, 11) is 1.52. The van der Waals surface area contributed by atoms with Crippen LogP contribution in [-0.4, -0.2) is 57.4 Å². The van der Waals surface area contributed by atoms with Gasteiger partial charge in [-0.3, -0.25) is 9.69 Å². The van der Waals surface area contributed by atoms with Crippen molar-refractivity contribution in [1.82, 2.24) is 20.1 Å². The zero-order valence-electron chi connectivity index (χ0n) is 24.8. The quantitative estimate of drug-likeness (QED) is 0.159. The minimum Gasteiger partial charge on any atom is -0.497 e. The van der Waals surface area contributed by atoms with Gasteiger partial charge in [0.2, 0.25) is 5.91 Å². The van der Waals surface area contributed by atoms with E-state index in [0.717, 1.165) is 17.3 Å². The lowest BCUT2D eigenvalue weighted by atomic mass is 10.00. The smallest absolute Gasteiger partial charge is 0.497 e. The molecule has 3 aromatic carbocycles. The first-order valence-electron chi connectivity index (χ1n) is 13.9. The summed E-state index contributed by atoms with van der Waals surface area (Å²) in [5.74, 6) is 0.432. The number of amidine groups is 1. The Bertz CT molecular complexity index is 1740. The van der Waals surface area contributed by atoms with E-state index in [1.54, 1.807) is 36.4 Å². The fraction of sp³-hybridized carbons (Fsp3) is 0.258. The maximum Gasteiger partial charge on any atom is 0.573 e. The minimum atomic E-state index is -4.79. The maximum absolute atomic E-state index is 14.9. The lowest BCUT2D eigenvalue weighted by molar-refractivity contribution is -0.274. The number of carbonyl (C=O) groups excluding carboxylic acids is 2. The molecule has 4 aromatic rings. The number of ether oxygens (including phenoxy) is 2. The molecule has 0 spiro atoms. The van der Waals surface area contributed by atoms with Crippen molar-refractivity contribution in [1.29, 1.82) is 0 Å². The van der Waals surface area contributed by atoms with Crippen molar-refractivity contribution in [2.75, 3.05) is 17.8 Å². The molecule has 0 saturated carbocycles. The monoisotopic (exact) mass is 656 g/mol. The van der Waals surface area contributed by atoms with Crippen LogP contribution in [-0.2, 0) is 11.2 Å². The first-order chi connectivity index (χ1) is 21.9. The fourth-order valence-electron chi connectivity index (χ4n) is 4.64. The second kappa shape index (κ2) is 13.6. The summed E-state index contributed by atoms with van der Waals surface area (Å²) in [4.78, 5) is 35.1. The third-order valence-electron chi connectivity index (χ3n) is 6.80. The number of thioether (sulfide) groups is 1. The van der Waals surface area contributed by atoms with Crippen LogP contribution in [0.3, 0.4) is 0 Å². The van der Waals surface area contributed by atoms with Crippen molar-refractivity contribution in [2.45, 2.75) is 38.8 Å². The number of hydrogen-bond donors (Lipinski definition) is 1. The van der Waals surface area contributed by atoms with Crippen LogP contribution < -0.4 is 19.7 Å². The van der Waals surface area contributed by atoms with E-state index in [0.29, 0.717) is 34.1 Å². The number of nitrogens with one attached hydrogen (secondary N) is 1. The molecule has 1 saturated heterocycles. The van der Waals surface area contributed by atoms with Crippen molar-refractivity contribution < 1.29 is 36.6 Å². The van der Waals surface area contributed by atoms with Crippen molar-refractivity contribution in [3.8, 4) is 28.6 Å². The molecule has 240 valence electrons. The topological polar surface area (TPSA) is 111 Å². The zero-order valence-corrected chi connectivity index (χ0v) is 25.6. The number of amides is 3. The van der Waals surface area contributed by atoms with E-state index in [1.807, 2.05) is 19.9 Å². The second-order valence-electron chi connectivity index (χ2n) is 10.4. The molecule has 5 rings (SSSR count). The third kappa shape index (κ3) is 7.83. The highest BCUT2D eigenvalue weighted by Gasteiger charge is 2.33. The number of halogens is 4. The van der Waals surface area contributed by atoms with Crippen LogP contribution in [0.4, 0.5) is 28.0 Å². The number of rotatable bonds is 9. The Balaban J connectivity index is 1.21. The molecule has 46 heavy (non-hydrogen) atoms. The highest BCUT2D eigenvalue weighted by molar-refractivity contribution is 8.15. The average Bonchev–Trinajstić information content (AvgIpc) is 3.63. The third-order valence-corrected chi connectivity index (χ3v) is 7.72. The van der Waals surface area contributed by atoms with Gasteiger partial charge in [0, 0.05) is 18.1 Å². The van der Waals surface area contributed by atoms with Crippen LogP contribution in [0.2, 0.25) is 0 Å². The van der Waals surface area contributed by atoms with E-state index in [1.165, 1.54) is 47.3 Å². The predicted octanol–water partition coefficient (Wildman–Crippen LogP) is 6.65. The number of aromatic nitrogens is 3. The first kappa shape index (κ1) is 32.5. The van der Waals surface area contributed by atoms with Crippen LogP contribution in [0.1, 0.15) is 30.9 Å². The van der Waals surface area contributed by atoms with Gasteiger partial charge in [-0.2, -0.15) is 4.99 Å². The van der Waals surface area contributed by atoms with Crippen molar-refractivity contribution in [2.24, 2.45) is 4.99 Å². The molecule has 0 aliphatic carbocycles. The summed E-state index contributed by atoms with van der Waals surface area (Å²) in [6, 6.07) is 16.3. The van der Waals surface area contributed by atoms with E-state index >= 15 is 0 Å². The fourth-order valence-corrected chi connectivity index (χ4v) is 5.49. The van der Waals surface area contributed by atoms with Gasteiger partial charge in [-0.15, -0.1) is 18.3 Å². The van der Waals surface area contributed by atoms with Gasteiger partial charge >= 0.3 is 12.4 Å². The molecule has 3 amide bonds. The number of nitrogens with zero attached hydrogens (tertiary/aromatic N) is 5. The van der Waals surface area contributed by atoms with Crippen LogP contribution >= 0.6 is 11.8 Å². The highest BCUT2D eigenvalue weighted by atomic mass is 32.2. The zero-order chi connectivity index (χ0) is 33.0. The molecule has 1 N–H and O–H groups in total. The van der Waals surface area contributed by atoms with Crippen LogP contribution in [0.25, 0.3) is 17.1 Å². The van der Waals surface area contributed by atoms with Gasteiger partial charge in [-0.25, -0.2) is 18.9 Å². The molecule has 0 radical (unpaired) electrons. The number of carbonyl (C=O) groups is 2. The van der Waals surface area contributed by atoms with Gasteiger partial charge in [0.15, 0.2) is 17.3 Å². The van der Waals surface area contributed by atoms with Gasteiger partial charge in [-0.05, 0) is 47.4 Å². The second-order valence-corrected chi connectivity index (χ2v) is 11.3. The molecule has 10 nitrogen and oxygen atoms in total. The van der Waals surface area contributed by atoms with Gasteiger partial charge < -0.3 is 14.8 Å². The number of alkyl halides is 4. The molecule has 2 heterocycles. The minimum absolute atomic E-state index is 0.0741. The molecule has 1 aliphatic rings. The first-order valence-corrected chi connectivity index (χ1v) is 14.9. The molecule has 1 aromatic heterocycles. The van der Waals surface area contributed by atoms with E-state index in [2.05, 4.69) is 25.1 Å². The number of methoxy groups -OCH3 is 1. The van der Waals surface area contributed by atoms with Crippen LogP contribution in [0.5, 0.6) is 11.5 Å². The van der Waals surface area contributed by atoms with Crippen molar-refractivity contribution in [3.05, 3.63) is 84.2 Å². The van der Waals surface area contributed by atoms with Gasteiger partial charge in [-0.1, -0.05) is 55.9 Å². The molecule has 1 atom stereocenters. The molecule has 1 unspecified atom stereocenters. The summed E-state index contributed by atoms with van der Waals surface area (Å²) >= 11 is 1.09. The van der Waals surface area contributed by atoms with Gasteiger partial charge in [0.25, 0.3) is 0 Å². The molecule has 15 heteroatoms. The van der Waals surface area contributed by atoms with Crippen LogP contribution in [0.15, 0.2) is 78.0 Å². The maximum atomic E-state index is 14.9. The summed E-state index contributed by atoms with van der Waals surface area (Å²) in [6.45, 7) is 3.96. The lowest BCUT2D eigenvalue weighted by Gasteiger charge is -2.22. The molecular weight excluding hydrogens is 628 g/mol. The van der Waals surface area contributed by atoms with Crippen molar-refractivity contribution in [3.63, 3.8) is 0 Å². The predicted molar refractivity (Wildman–Crippen MR) is 165 cm³/mol. The van der Waals surface area contributed by atoms with Gasteiger partial charge in [0.05, 0.1) is 24.2 Å². The molecule has 1 aliphatic heterocycles. The Morgan fingerprint density at radius 2 is 1.76 bits per heavy atom. The largest absolute Gasteiger partial charge is 0.573 e. The van der Waals surface area contributed by atoms with E-state index in [9.17, 15) is 27.2 Å². The molecular formula is C31H28F4N6O4S. The summed E-state index contributed by atoms with van der Waals surface area (Å²) < 4.78 is 62.7. The SMILES string of the molecule is COc1ccc(C(C)C)c(N2C(=O)CSC2=NC(=O)NC(F)Cc2ccc(-c3ncn(-c4ccc(OC(F)(F)F)cc4)n3)cc2)c1. The lowest BCUT2D eigenvalue weighted by Crippen LogP contribution is -2.34. The number of benzene rings is 3. The standard InChI is InChI=1S/C31H28F4N6O4S/c1-18(2)24-13-12-23(44-3)15-25(24)41-27(42)16-46-30(41)38-29(43)37-26(32)14-19-4-6-20(7-5-19)28-36-17-40(39-28)21-8-10-22(11-9-21)45-31(33,34)35/h4-13,15,17-18,26H,14,16H2,1-3H3,(H,37,43). The van der Waals surface area contributed by atoms with Crippen molar-refractivity contribution >= 4 is 34.6 Å². The Morgan fingerprint density at radius 1 is 1.07 bits per heavy atom. The van der Waals surface area contributed by atoms with Gasteiger partial charge in [0.1, 0.15) is 17.8 Å². The van der Waals surface area contributed by atoms with Crippen LogP contribution in [0, 0.1) is 0 Å². The number of aliphatic imine (C=N–C) groups is 1. The normalized spacial score (nSPS) is 15.0. The number of hydrogen-bond acceptors (Lipinski definition) is 7. The number of urea groups is 1. The average molecular weight is 657 g/mol. The Kier molecular flexibility index (Phi) is 9.60. The van der Waals surface area contributed by atoms with E-state index in [-0.39, 0.29) is 34.9 Å². The summed E-state index contributed by atoms with van der Waals surface area (Å²) in [5.41, 5.74) is 3.09. The number of anilines is 1. The molecule has 1 fully saturated rings. The summed E-state index contributed by atoms with van der Waals surface area (Å²) in [6.07, 6.45) is -5.28. The Hall–Kier alpha value is -4.92. The highest BCUT2D eigenvalue weighted by Crippen LogP contribution is 2.36. The summed E-state index contributed by atoms with van der Waals surface area (Å²) in [5, 5.41) is 6.71. The Morgan fingerprint density at radius 3 is 2.41 bits per heavy atom. The van der Waals surface area contributed by atoms with E-state index < -0.39 is 18.7 Å². The Labute approximate surface area is 265 Å². The molecule has 0 bridgehead atoms. The van der Waals surface area contributed by atoms with E-state index in [4.69, 9.17) is 4.74 Å².